The van der Waals surface area contributed by atoms with E-state index in [1.807, 2.05) is 0 Å². The van der Waals surface area contributed by atoms with E-state index in [4.69, 9.17) is 25.8 Å². The molecule has 7 heteroatoms. The largest absolute Gasteiger partial charge is 0.495 e. The van der Waals surface area contributed by atoms with Crippen LogP contribution in [-0.4, -0.2) is 24.8 Å². The monoisotopic (exact) mass is 314 g/mol. The van der Waals surface area contributed by atoms with Gasteiger partial charge >= 0.3 is 11.9 Å². The van der Waals surface area contributed by atoms with Crippen LogP contribution >= 0.6 is 11.6 Å². The number of hydrogen-bond donors (Lipinski definition) is 0. The van der Waals surface area contributed by atoms with Gasteiger partial charge < -0.3 is 14.2 Å². The number of ether oxygens (including phenoxy) is 3. The van der Waals surface area contributed by atoms with Crippen molar-refractivity contribution in [1.29, 1.82) is 0 Å². The molecule has 1 fully saturated rings. The number of rotatable bonds is 2. The minimum atomic E-state index is -1.36. The molecule has 1 aromatic carbocycles. The molecule has 1 aliphatic heterocycles. The highest BCUT2D eigenvalue weighted by Gasteiger charge is 2.39. The van der Waals surface area contributed by atoms with Crippen LogP contribution in [0.2, 0.25) is 5.02 Å². The average Bonchev–Trinajstić information content (AvgIpc) is 2.36. The summed E-state index contributed by atoms with van der Waals surface area (Å²) in [5, 5.41) is -0.0598. The molecule has 0 N–H and O–H groups in total. The van der Waals surface area contributed by atoms with Crippen molar-refractivity contribution in [3.63, 3.8) is 0 Å². The Morgan fingerprint density at radius 3 is 2.33 bits per heavy atom. The number of hydrogen-bond acceptors (Lipinski definition) is 5. The molecule has 0 aromatic heterocycles. The summed E-state index contributed by atoms with van der Waals surface area (Å²) in [6.45, 7) is 2.83. The first-order chi connectivity index (χ1) is 9.75. The van der Waals surface area contributed by atoms with Gasteiger partial charge in [0.2, 0.25) is 0 Å². The van der Waals surface area contributed by atoms with Crippen LogP contribution in [0.15, 0.2) is 17.7 Å². The first-order valence-electron chi connectivity index (χ1n) is 5.95. The van der Waals surface area contributed by atoms with Crippen molar-refractivity contribution in [2.24, 2.45) is 0 Å². The van der Waals surface area contributed by atoms with Gasteiger partial charge in [-0.2, -0.15) is 0 Å². The minimum absolute atomic E-state index is 0.0598. The number of methoxy groups -OCH3 is 1. The summed E-state index contributed by atoms with van der Waals surface area (Å²) in [5.41, 5.74) is -0.594. The van der Waals surface area contributed by atoms with Crippen molar-refractivity contribution in [2.75, 3.05) is 7.11 Å². The number of halogens is 2. The Balaban J connectivity index is 2.49. The fraction of sp³-hybridized carbons (Fsp3) is 0.286. The van der Waals surface area contributed by atoms with Crippen molar-refractivity contribution in [2.45, 2.75) is 19.6 Å². The van der Waals surface area contributed by atoms with Gasteiger partial charge in [0, 0.05) is 19.4 Å². The number of cyclic esters (lactones) is 2. The molecule has 2 rings (SSSR count). The molecular formula is C14H12ClFO5. The summed E-state index contributed by atoms with van der Waals surface area (Å²) in [6, 6.07) is 2.45. The summed E-state index contributed by atoms with van der Waals surface area (Å²) in [6.07, 6.45) is 0.986. The minimum Gasteiger partial charge on any atom is -0.495 e. The zero-order valence-electron chi connectivity index (χ0n) is 11.5. The van der Waals surface area contributed by atoms with E-state index >= 15 is 0 Å². The van der Waals surface area contributed by atoms with Crippen LogP contribution in [0.3, 0.4) is 0 Å². The number of esters is 2. The first-order valence-corrected chi connectivity index (χ1v) is 6.33. The highest BCUT2D eigenvalue weighted by atomic mass is 35.5. The Bertz CT molecular complexity index is 629. The highest BCUT2D eigenvalue weighted by Crippen LogP contribution is 2.33. The van der Waals surface area contributed by atoms with E-state index < -0.39 is 29.1 Å². The third-order valence-electron chi connectivity index (χ3n) is 2.72. The standard InChI is InChI=1S/C14H12ClFO5/c1-14(2)20-12(17)8(13(18)21-14)6-7-9(16)4-5-10(19-3)11(7)15/h4-6H,1-3H3. The molecule has 0 radical (unpaired) electrons. The Hall–Kier alpha value is -2.08. The molecule has 0 bridgehead atoms. The average molecular weight is 315 g/mol. The predicted molar refractivity (Wildman–Crippen MR) is 72.2 cm³/mol. The van der Waals surface area contributed by atoms with Crippen LogP contribution in [0.25, 0.3) is 6.08 Å². The van der Waals surface area contributed by atoms with Crippen LogP contribution in [0, 0.1) is 5.82 Å². The summed E-state index contributed by atoms with van der Waals surface area (Å²) in [7, 11) is 1.36. The smallest absolute Gasteiger partial charge is 0.348 e. The topological polar surface area (TPSA) is 61.8 Å². The van der Waals surface area contributed by atoms with Crippen LogP contribution in [0.5, 0.6) is 5.75 Å². The molecule has 1 saturated heterocycles. The Kier molecular flexibility index (Phi) is 3.91. The van der Waals surface area contributed by atoms with Gasteiger partial charge in [0.25, 0.3) is 5.79 Å². The molecule has 1 aromatic rings. The van der Waals surface area contributed by atoms with Gasteiger partial charge in [-0.25, -0.2) is 14.0 Å². The molecule has 21 heavy (non-hydrogen) atoms. The summed E-state index contributed by atoms with van der Waals surface area (Å²) < 4.78 is 28.6. The molecule has 1 aliphatic rings. The number of carbonyl (C=O) groups excluding carboxylic acids is 2. The first kappa shape index (κ1) is 15.3. The predicted octanol–water partition coefficient (Wildman–Crippen LogP) is 2.71. The molecule has 0 aliphatic carbocycles. The Morgan fingerprint density at radius 1 is 1.24 bits per heavy atom. The molecule has 0 saturated carbocycles. The third-order valence-corrected chi connectivity index (χ3v) is 3.11. The maximum atomic E-state index is 13.8. The van der Waals surface area contributed by atoms with Crippen LogP contribution < -0.4 is 4.74 Å². The van der Waals surface area contributed by atoms with Crippen molar-refractivity contribution in [3.05, 3.63) is 34.1 Å². The quantitative estimate of drug-likeness (QED) is 0.477. The lowest BCUT2D eigenvalue weighted by Gasteiger charge is -2.29. The lowest BCUT2D eigenvalue weighted by atomic mass is 10.1. The summed E-state index contributed by atoms with van der Waals surface area (Å²) in [5.74, 6) is -3.67. The third kappa shape index (κ3) is 3.00. The number of benzene rings is 1. The van der Waals surface area contributed by atoms with Crippen molar-refractivity contribution < 1.29 is 28.2 Å². The van der Waals surface area contributed by atoms with Crippen molar-refractivity contribution >= 4 is 29.6 Å². The van der Waals surface area contributed by atoms with Gasteiger partial charge in [0.1, 0.15) is 17.1 Å². The molecule has 0 unspecified atom stereocenters. The van der Waals surface area contributed by atoms with E-state index in [-0.39, 0.29) is 16.3 Å². The fourth-order valence-electron chi connectivity index (χ4n) is 1.76. The van der Waals surface area contributed by atoms with Gasteiger partial charge in [0.15, 0.2) is 0 Å². The summed E-state index contributed by atoms with van der Waals surface area (Å²) in [4.78, 5) is 23.6. The van der Waals surface area contributed by atoms with Gasteiger partial charge in [-0.15, -0.1) is 0 Å². The van der Waals surface area contributed by atoms with Gasteiger partial charge in [0.05, 0.1) is 12.1 Å². The highest BCUT2D eigenvalue weighted by molar-refractivity contribution is 6.34. The second-order valence-corrected chi connectivity index (χ2v) is 5.09. The molecule has 0 spiro atoms. The van der Waals surface area contributed by atoms with Crippen molar-refractivity contribution in [3.8, 4) is 5.75 Å². The van der Waals surface area contributed by atoms with E-state index in [2.05, 4.69) is 0 Å². The van der Waals surface area contributed by atoms with E-state index in [0.29, 0.717) is 0 Å². The molecule has 0 atom stereocenters. The van der Waals surface area contributed by atoms with Gasteiger partial charge in [-0.05, 0) is 18.2 Å². The van der Waals surface area contributed by atoms with E-state index in [1.165, 1.54) is 27.0 Å². The van der Waals surface area contributed by atoms with E-state index in [0.717, 1.165) is 12.1 Å². The molecular weight excluding hydrogens is 303 g/mol. The zero-order chi connectivity index (χ0) is 15.8. The van der Waals surface area contributed by atoms with E-state index in [1.54, 1.807) is 0 Å². The van der Waals surface area contributed by atoms with E-state index in [9.17, 15) is 14.0 Å². The Morgan fingerprint density at radius 2 is 1.81 bits per heavy atom. The fourth-order valence-corrected chi connectivity index (χ4v) is 2.05. The van der Waals surface area contributed by atoms with Gasteiger partial charge in [-0.3, -0.25) is 0 Å². The molecule has 1 heterocycles. The molecule has 5 nitrogen and oxygen atoms in total. The lowest BCUT2D eigenvalue weighted by Crippen LogP contribution is -2.41. The zero-order valence-corrected chi connectivity index (χ0v) is 12.3. The Labute approximate surface area is 125 Å². The molecule has 0 amide bonds. The van der Waals surface area contributed by atoms with Crippen LogP contribution in [0.4, 0.5) is 4.39 Å². The second-order valence-electron chi connectivity index (χ2n) is 4.71. The van der Waals surface area contributed by atoms with Crippen LogP contribution in [-0.2, 0) is 19.1 Å². The van der Waals surface area contributed by atoms with Gasteiger partial charge in [-0.1, -0.05) is 11.6 Å². The molecule has 112 valence electrons. The number of carbonyl (C=O) groups is 2. The van der Waals surface area contributed by atoms with Crippen LogP contribution in [0.1, 0.15) is 19.4 Å². The lowest BCUT2D eigenvalue weighted by molar-refractivity contribution is -0.222. The SMILES string of the molecule is COc1ccc(F)c(C=C2C(=O)OC(C)(C)OC2=O)c1Cl. The van der Waals surface area contributed by atoms with Crippen molar-refractivity contribution in [1.82, 2.24) is 0 Å². The second kappa shape index (κ2) is 5.37. The maximum Gasteiger partial charge on any atom is 0.348 e. The maximum absolute atomic E-state index is 13.8. The normalized spacial score (nSPS) is 17.1. The summed E-state index contributed by atoms with van der Waals surface area (Å²) >= 11 is 5.97.